The maximum Gasteiger partial charge on any atom is 0.273 e. The number of hydrogen-bond donors (Lipinski definition) is 2. The number of amides is 1. The van der Waals surface area contributed by atoms with Crippen molar-refractivity contribution in [2.75, 3.05) is 20.3 Å². The number of rotatable bonds is 6. The first-order chi connectivity index (χ1) is 12.6. The molecule has 2 N–H and O–H groups in total. The molecule has 2 aromatic heterocycles. The molecule has 26 heavy (non-hydrogen) atoms. The number of methoxy groups -OCH3 is 1. The molecule has 0 radical (unpaired) electrons. The second kappa shape index (κ2) is 7.93. The molecule has 0 aliphatic carbocycles. The number of pyridine rings is 2. The van der Waals surface area contributed by atoms with Gasteiger partial charge in [0.15, 0.2) is 11.4 Å². The fourth-order valence-electron chi connectivity index (χ4n) is 2.69. The minimum atomic E-state index is -0.452. The molecule has 1 aromatic carbocycles. The Bertz CT molecular complexity index is 923. The van der Waals surface area contributed by atoms with Crippen molar-refractivity contribution in [2.45, 2.75) is 13.3 Å². The molecule has 0 aliphatic heterocycles. The highest BCUT2D eigenvalue weighted by atomic mass is 16.5. The number of aryl methyl sites for hydroxylation is 1. The minimum Gasteiger partial charge on any atom is -0.504 e. The summed E-state index contributed by atoms with van der Waals surface area (Å²) >= 11 is 0. The number of hydrogen-bond acceptors (Lipinski definition) is 5. The quantitative estimate of drug-likeness (QED) is 0.667. The van der Waals surface area contributed by atoms with Crippen molar-refractivity contribution < 1.29 is 14.6 Å². The van der Waals surface area contributed by atoms with Crippen LogP contribution in [-0.4, -0.2) is 41.2 Å². The molecule has 0 atom stereocenters. The van der Waals surface area contributed by atoms with E-state index >= 15 is 0 Å². The molecule has 6 heteroatoms. The summed E-state index contributed by atoms with van der Waals surface area (Å²) in [7, 11) is 1.55. The minimum absolute atomic E-state index is 0.0348. The molecule has 1 amide bonds. The van der Waals surface area contributed by atoms with Crippen molar-refractivity contribution in [2.24, 2.45) is 0 Å². The Morgan fingerprint density at radius 3 is 2.65 bits per heavy atom. The fraction of sp³-hybridized carbons (Fsp3) is 0.250. The summed E-state index contributed by atoms with van der Waals surface area (Å²) in [5.41, 5.74) is 3.75. The molecule has 0 aliphatic rings. The standard InChI is InChI=1S/C20H21N3O3/c1-13-3-5-14(6-4-13)9-15-10-16-12-23-18(19(24)17(16)22-11-15)20(25)21-7-8-26-2/h3-6,10-12,24H,7-9H2,1-2H3,(H,21,25). The van der Waals surface area contributed by atoms with Gasteiger partial charge in [0.1, 0.15) is 5.52 Å². The normalized spacial score (nSPS) is 10.8. The SMILES string of the molecule is COCCNC(=O)c1ncc2cc(Cc3ccc(C)cc3)cnc2c1O. The van der Waals surface area contributed by atoms with Gasteiger partial charge >= 0.3 is 0 Å². The van der Waals surface area contributed by atoms with Crippen LogP contribution in [0.2, 0.25) is 0 Å². The number of aromatic hydroxyl groups is 1. The van der Waals surface area contributed by atoms with Gasteiger partial charge in [-0.15, -0.1) is 0 Å². The van der Waals surface area contributed by atoms with Crippen LogP contribution in [0.3, 0.4) is 0 Å². The summed E-state index contributed by atoms with van der Waals surface area (Å²) in [6.45, 7) is 2.79. The van der Waals surface area contributed by atoms with Crippen molar-refractivity contribution in [3.63, 3.8) is 0 Å². The lowest BCUT2D eigenvalue weighted by molar-refractivity contribution is 0.0929. The van der Waals surface area contributed by atoms with Crippen LogP contribution in [0.25, 0.3) is 10.9 Å². The zero-order valence-corrected chi connectivity index (χ0v) is 14.8. The second-order valence-corrected chi connectivity index (χ2v) is 6.15. The topological polar surface area (TPSA) is 84.3 Å². The maximum absolute atomic E-state index is 12.1. The van der Waals surface area contributed by atoms with Gasteiger partial charge in [0.25, 0.3) is 5.91 Å². The van der Waals surface area contributed by atoms with Crippen molar-refractivity contribution >= 4 is 16.8 Å². The Balaban J connectivity index is 1.83. The molecular weight excluding hydrogens is 330 g/mol. The first-order valence-corrected chi connectivity index (χ1v) is 8.37. The average Bonchev–Trinajstić information content (AvgIpc) is 2.64. The van der Waals surface area contributed by atoms with Gasteiger partial charge in [-0.05, 0) is 30.5 Å². The molecular formula is C20H21N3O3. The fourth-order valence-corrected chi connectivity index (χ4v) is 2.69. The Morgan fingerprint density at radius 1 is 1.15 bits per heavy atom. The van der Waals surface area contributed by atoms with E-state index in [1.807, 2.05) is 6.07 Å². The number of aromatic nitrogens is 2. The molecule has 2 heterocycles. The number of nitrogens with one attached hydrogen (secondary N) is 1. The number of fused-ring (bicyclic) bond motifs is 1. The predicted octanol–water partition coefficient (Wildman–Crippen LogP) is 2.61. The highest BCUT2D eigenvalue weighted by molar-refractivity contribution is 6.00. The summed E-state index contributed by atoms with van der Waals surface area (Å²) in [4.78, 5) is 20.5. The molecule has 0 spiro atoms. The Labute approximate surface area is 151 Å². The zero-order chi connectivity index (χ0) is 18.5. The molecule has 6 nitrogen and oxygen atoms in total. The van der Waals surface area contributed by atoms with Gasteiger partial charge < -0.3 is 15.2 Å². The molecule has 0 saturated carbocycles. The highest BCUT2D eigenvalue weighted by Gasteiger charge is 2.16. The van der Waals surface area contributed by atoms with E-state index in [-0.39, 0.29) is 11.4 Å². The highest BCUT2D eigenvalue weighted by Crippen LogP contribution is 2.26. The number of carbonyl (C=O) groups is 1. The first-order valence-electron chi connectivity index (χ1n) is 8.37. The van der Waals surface area contributed by atoms with E-state index in [1.165, 1.54) is 11.1 Å². The van der Waals surface area contributed by atoms with Crippen LogP contribution in [0.1, 0.15) is 27.2 Å². The van der Waals surface area contributed by atoms with Crippen molar-refractivity contribution in [1.82, 2.24) is 15.3 Å². The predicted molar refractivity (Wildman–Crippen MR) is 99.4 cm³/mol. The third-order valence-electron chi connectivity index (χ3n) is 4.09. The van der Waals surface area contributed by atoms with Crippen LogP contribution in [0.4, 0.5) is 0 Å². The smallest absolute Gasteiger partial charge is 0.273 e. The lowest BCUT2D eigenvalue weighted by Gasteiger charge is -2.09. The molecule has 0 fully saturated rings. The molecule has 3 rings (SSSR count). The van der Waals surface area contributed by atoms with Gasteiger partial charge in [0.2, 0.25) is 0 Å². The second-order valence-electron chi connectivity index (χ2n) is 6.15. The monoisotopic (exact) mass is 351 g/mol. The third-order valence-corrected chi connectivity index (χ3v) is 4.09. The number of nitrogens with zero attached hydrogens (tertiary/aromatic N) is 2. The van der Waals surface area contributed by atoms with Gasteiger partial charge in [-0.2, -0.15) is 0 Å². The summed E-state index contributed by atoms with van der Waals surface area (Å²) < 4.78 is 4.89. The summed E-state index contributed by atoms with van der Waals surface area (Å²) in [5.74, 6) is -0.661. The number of carbonyl (C=O) groups excluding carboxylic acids is 1. The van der Waals surface area contributed by atoms with Crippen molar-refractivity contribution in [1.29, 1.82) is 0 Å². The summed E-state index contributed by atoms with van der Waals surface area (Å²) in [5, 5.41) is 13.7. The number of benzene rings is 1. The maximum atomic E-state index is 12.1. The summed E-state index contributed by atoms with van der Waals surface area (Å²) in [6, 6.07) is 10.3. The Hall–Kier alpha value is -2.99. The van der Waals surface area contributed by atoms with Crippen LogP contribution in [0.5, 0.6) is 5.75 Å². The van der Waals surface area contributed by atoms with Gasteiger partial charge in [-0.1, -0.05) is 29.8 Å². The largest absolute Gasteiger partial charge is 0.504 e. The van der Waals surface area contributed by atoms with E-state index in [4.69, 9.17) is 4.74 Å². The van der Waals surface area contributed by atoms with E-state index < -0.39 is 5.91 Å². The molecule has 3 aromatic rings. The zero-order valence-electron chi connectivity index (χ0n) is 14.8. The average molecular weight is 351 g/mol. The van der Waals surface area contributed by atoms with Crippen LogP contribution < -0.4 is 5.32 Å². The van der Waals surface area contributed by atoms with Crippen LogP contribution in [0, 0.1) is 6.92 Å². The van der Waals surface area contributed by atoms with Crippen molar-refractivity contribution in [3.8, 4) is 5.75 Å². The van der Waals surface area contributed by atoms with E-state index in [2.05, 4.69) is 46.5 Å². The van der Waals surface area contributed by atoms with E-state index in [0.717, 1.165) is 12.0 Å². The molecule has 0 unspecified atom stereocenters. The van der Waals surface area contributed by atoms with Gasteiger partial charge in [0.05, 0.1) is 6.61 Å². The van der Waals surface area contributed by atoms with Crippen molar-refractivity contribution in [3.05, 3.63) is 65.1 Å². The van der Waals surface area contributed by atoms with Crippen LogP contribution in [0.15, 0.2) is 42.7 Å². The lowest BCUT2D eigenvalue weighted by Crippen LogP contribution is -2.27. The summed E-state index contributed by atoms with van der Waals surface area (Å²) in [6.07, 6.45) is 4.02. The van der Waals surface area contributed by atoms with Gasteiger partial charge in [-0.3, -0.25) is 9.78 Å². The Kier molecular flexibility index (Phi) is 5.43. The van der Waals surface area contributed by atoms with Crippen LogP contribution >= 0.6 is 0 Å². The molecule has 134 valence electrons. The van der Waals surface area contributed by atoms with Gasteiger partial charge in [-0.25, -0.2) is 4.98 Å². The van der Waals surface area contributed by atoms with Gasteiger partial charge in [0, 0.05) is 31.4 Å². The molecule has 0 saturated heterocycles. The third kappa shape index (κ3) is 3.97. The van der Waals surface area contributed by atoms with E-state index in [1.54, 1.807) is 19.5 Å². The lowest BCUT2D eigenvalue weighted by atomic mass is 10.0. The Morgan fingerprint density at radius 2 is 1.92 bits per heavy atom. The van der Waals surface area contributed by atoms with E-state index in [0.29, 0.717) is 24.1 Å². The van der Waals surface area contributed by atoms with Crippen LogP contribution in [-0.2, 0) is 11.2 Å². The molecule has 0 bridgehead atoms. The first kappa shape index (κ1) is 17.8. The number of ether oxygens (including phenoxy) is 1. The van der Waals surface area contributed by atoms with E-state index in [9.17, 15) is 9.90 Å².